The van der Waals surface area contributed by atoms with E-state index in [0.717, 1.165) is 11.3 Å². The van der Waals surface area contributed by atoms with Gasteiger partial charge in [-0.1, -0.05) is 12.1 Å². The Bertz CT molecular complexity index is 354. The van der Waals surface area contributed by atoms with Gasteiger partial charge in [-0.2, -0.15) is 0 Å². The van der Waals surface area contributed by atoms with Crippen LogP contribution in [0.4, 0.5) is 14.5 Å². The number of halogens is 2. The van der Waals surface area contributed by atoms with Crippen LogP contribution in [-0.2, 0) is 6.54 Å². The van der Waals surface area contributed by atoms with Gasteiger partial charge in [0.1, 0.15) is 0 Å². The van der Waals surface area contributed by atoms with Crippen molar-refractivity contribution in [1.29, 1.82) is 0 Å². The lowest BCUT2D eigenvalue weighted by Gasteiger charge is -2.41. The quantitative estimate of drug-likeness (QED) is 0.857. The molecule has 1 saturated carbocycles. The summed E-state index contributed by atoms with van der Waals surface area (Å²) in [6, 6.07) is 7.68. The summed E-state index contributed by atoms with van der Waals surface area (Å²) in [5, 5.41) is 0. The number of hydrogen-bond acceptors (Lipinski definition) is 2. The van der Waals surface area contributed by atoms with Gasteiger partial charge >= 0.3 is 0 Å². The molecule has 0 amide bonds. The average Bonchev–Trinajstić information content (AvgIpc) is 2.25. The molecule has 2 N–H and O–H groups in total. The molecule has 1 aromatic carbocycles. The third-order valence-corrected chi connectivity index (χ3v) is 3.20. The van der Waals surface area contributed by atoms with Crippen LogP contribution in [0.2, 0.25) is 0 Å². The van der Waals surface area contributed by atoms with E-state index < -0.39 is 5.92 Å². The van der Waals surface area contributed by atoms with E-state index in [2.05, 4.69) is 0 Å². The Labute approximate surface area is 94.0 Å². The van der Waals surface area contributed by atoms with E-state index in [-0.39, 0.29) is 18.9 Å². The van der Waals surface area contributed by atoms with Crippen LogP contribution in [0.5, 0.6) is 0 Å². The Morgan fingerprint density at radius 3 is 2.31 bits per heavy atom. The van der Waals surface area contributed by atoms with E-state index in [1.54, 1.807) is 0 Å². The largest absolute Gasteiger partial charge is 0.371 e. The predicted octanol–water partition coefficient (Wildman–Crippen LogP) is 2.38. The third kappa shape index (κ3) is 2.16. The van der Waals surface area contributed by atoms with Crippen molar-refractivity contribution in [3.63, 3.8) is 0 Å². The highest BCUT2D eigenvalue weighted by molar-refractivity contribution is 5.48. The van der Waals surface area contributed by atoms with Gasteiger partial charge in [0.25, 0.3) is 5.92 Å². The number of rotatable bonds is 3. The minimum absolute atomic E-state index is 0.0395. The fourth-order valence-electron chi connectivity index (χ4n) is 1.98. The summed E-state index contributed by atoms with van der Waals surface area (Å²) in [4.78, 5) is 1.91. The maximum absolute atomic E-state index is 12.7. The number of hydrogen-bond donors (Lipinski definition) is 1. The van der Waals surface area contributed by atoms with Crippen molar-refractivity contribution >= 4 is 5.69 Å². The molecule has 0 unspecified atom stereocenters. The van der Waals surface area contributed by atoms with Crippen molar-refractivity contribution in [2.75, 3.05) is 11.9 Å². The van der Waals surface area contributed by atoms with Gasteiger partial charge in [0.2, 0.25) is 0 Å². The highest BCUT2D eigenvalue weighted by atomic mass is 19.3. The maximum Gasteiger partial charge on any atom is 0.252 e. The first-order chi connectivity index (χ1) is 7.52. The predicted molar refractivity (Wildman–Crippen MR) is 60.7 cm³/mol. The van der Waals surface area contributed by atoms with E-state index in [1.807, 2.05) is 36.2 Å². The molecule has 0 spiro atoms. The molecule has 88 valence electrons. The number of nitrogens with two attached hydrogens (primary N) is 1. The molecule has 0 heterocycles. The summed E-state index contributed by atoms with van der Waals surface area (Å²) in [5.74, 6) is -2.46. The average molecular weight is 226 g/mol. The topological polar surface area (TPSA) is 29.3 Å². The molecule has 1 fully saturated rings. The van der Waals surface area contributed by atoms with Crippen molar-refractivity contribution in [2.45, 2.75) is 31.4 Å². The normalized spacial score (nSPS) is 19.2. The molecule has 1 aromatic rings. The zero-order chi connectivity index (χ0) is 11.8. The Morgan fingerprint density at radius 1 is 1.31 bits per heavy atom. The number of anilines is 1. The molecule has 4 heteroatoms. The summed E-state index contributed by atoms with van der Waals surface area (Å²) in [6.45, 7) is 0.505. The van der Waals surface area contributed by atoms with Crippen LogP contribution < -0.4 is 10.6 Å². The molecule has 0 aromatic heterocycles. The standard InChI is InChI=1S/C12H16F2N2/c1-16(11-6-12(13,14)7-11)10-4-2-9(8-15)3-5-10/h2-5,11H,6-8,15H2,1H3. The van der Waals surface area contributed by atoms with Gasteiger partial charge in [-0.3, -0.25) is 0 Å². The fourth-order valence-corrected chi connectivity index (χ4v) is 1.98. The van der Waals surface area contributed by atoms with Gasteiger partial charge in [-0.15, -0.1) is 0 Å². The van der Waals surface area contributed by atoms with Gasteiger partial charge in [-0.25, -0.2) is 8.78 Å². The Kier molecular flexibility index (Phi) is 2.84. The Hall–Kier alpha value is -1.16. The SMILES string of the molecule is CN(c1ccc(CN)cc1)C1CC(F)(F)C1. The lowest BCUT2D eigenvalue weighted by atomic mass is 9.87. The molecule has 0 saturated heterocycles. The summed E-state index contributed by atoms with van der Waals surface area (Å²) in [6.07, 6.45) is -0.0791. The van der Waals surface area contributed by atoms with Crippen molar-refractivity contribution in [1.82, 2.24) is 0 Å². The molecule has 16 heavy (non-hydrogen) atoms. The molecule has 1 aliphatic carbocycles. The van der Waals surface area contributed by atoms with Crippen molar-refractivity contribution in [2.24, 2.45) is 5.73 Å². The monoisotopic (exact) mass is 226 g/mol. The zero-order valence-corrected chi connectivity index (χ0v) is 9.29. The van der Waals surface area contributed by atoms with E-state index in [9.17, 15) is 8.78 Å². The van der Waals surface area contributed by atoms with E-state index in [1.165, 1.54) is 0 Å². The molecule has 2 nitrogen and oxygen atoms in total. The van der Waals surface area contributed by atoms with Crippen LogP contribution in [-0.4, -0.2) is 19.0 Å². The molecule has 0 aliphatic heterocycles. The van der Waals surface area contributed by atoms with Crippen LogP contribution in [0, 0.1) is 0 Å². The zero-order valence-electron chi connectivity index (χ0n) is 9.29. The maximum atomic E-state index is 12.7. The highest BCUT2D eigenvalue weighted by Crippen LogP contribution is 2.41. The van der Waals surface area contributed by atoms with Gasteiger partial charge in [0.15, 0.2) is 0 Å². The fraction of sp³-hybridized carbons (Fsp3) is 0.500. The Balaban J connectivity index is 2.01. The Morgan fingerprint density at radius 2 is 1.88 bits per heavy atom. The molecular weight excluding hydrogens is 210 g/mol. The number of alkyl halides is 2. The number of nitrogens with zero attached hydrogens (tertiary/aromatic N) is 1. The second-order valence-electron chi connectivity index (χ2n) is 4.40. The van der Waals surface area contributed by atoms with Crippen molar-refractivity contribution < 1.29 is 8.78 Å². The van der Waals surface area contributed by atoms with Crippen LogP contribution in [0.25, 0.3) is 0 Å². The molecular formula is C12H16F2N2. The second kappa shape index (κ2) is 4.01. The van der Waals surface area contributed by atoms with E-state index >= 15 is 0 Å². The summed E-state index contributed by atoms with van der Waals surface area (Å²) in [7, 11) is 1.86. The first-order valence-electron chi connectivity index (χ1n) is 5.41. The molecule has 0 atom stereocenters. The molecule has 1 aliphatic rings. The lowest BCUT2D eigenvalue weighted by Crippen LogP contribution is -2.49. The van der Waals surface area contributed by atoms with Crippen LogP contribution in [0.1, 0.15) is 18.4 Å². The van der Waals surface area contributed by atoms with Crippen LogP contribution in [0.15, 0.2) is 24.3 Å². The first kappa shape index (κ1) is 11.3. The molecule has 2 rings (SSSR count). The van der Waals surface area contributed by atoms with Crippen LogP contribution in [0.3, 0.4) is 0 Å². The van der Waals surface area contributed by atoms with Crippen LogP contribution >= 0.6 is 0 Å². The minimum Gasteiger partial charge on any atom is -0.371 e. The van der Waals surface area contributed by atoms with Gasteiger partial charge in [0.05, 0.1) is 0 Å². The van der Waals surface area contributed by atoms with E-state index in [4.69, 9.17) is 5.73 Å². The smallest absolute Gasteiger partial charge is 0.252 e. The van der Waals surface area contributed by atoms with Crippen molar-refractivity contribution in [3.05, 3.63) is 29.8 Å². The van der Waals surface area contributed by atoms with Gasteiger partial charge in [-0.05, 0) is 17.7 Å². The minimum atomic E-state index is -2.46. The van der Waals surface area contributed by atoms with E-state index in [0.29, 0.717) is 6.54 Å². The third-order valence-electron chi connectivity index (χ3n) is 3.20. The molecule has 0 bridgehead atoms. The lowest BCUT2D eigenvalue weighted by molar-refractivity contribution is -0.0849. The summed E-state index contributed by atoms with van der Waals surface area (Å²) in [5.41, 5.74) is 7.52. The highest BCUT2D eigenvalue weighted by Gasteiger charge is 2.47. The summed E-state index contributed by atoms with van der Waals surface area (Å²) < 4.78 is 25.5. The van der Waals surface area contributed by atoms with Gasteiger partial charge < -0.3 is 10.6 Å². The number of benzene rings is 1. The molecule has 0 radical (unpaired) electrons. The van der Waals surface area contributed by atoms with Crippen molar-refractivity contribution in [3.8, 4) is 0 Å². The summed E-state index contributed by atoms with van der Waals surface area (Å²) >= 11 is 0. The first-order valence-corrected chi connectivity index (χ1v) is 5.41. The second-order valence-corrected chi connectivity index (χ2v) is 4.40. The van der Waals surface area contributed by atoms with Gasteiger partial charge in [0, 0.05) is 38.2 Å².